The van der Waals surface area contributed by atoms with Gasteiger partial charge in [0.25, 0.3) is 0 Å². The van der Waals surface area contributed by atoms with Crippen molar-refractivity contribution in [2.24, 2.45) is 0 Å². The average molecular weight is 337 g/mol. The molecule has 0 spiro atoms. The van der Waals surface area contributed by atoms with Gasteiger partial charge in [-0.2, -0.15) is 0 Å². The molecule has 25 heavy (non-hydrogen) atoms. The van der Waals surface area contributed by atoms with Crippen molar-refractivity contribution in [3.63, 3.8) is 0 Å². The van der Waals surface area contributed by atoms with Crippen LogP contribution in [0.25, 0.3) is 6.08 Å². The van der Waals surface area contributed by atoms with Crippen LogP contribution in [0.1, 0.15) is 17.2 Å². The monoisotopic (exact) mass is 337 g/mol. The lowest BCUT2D eigenvalue weighted by Gasteiger charge is -2.20. The summed E-state index contributed by atoms with van der Waals surface area (Å²) in [5.74, 6) is 0.652. The van der Waals surface area contributed by atoms with Crippen LogP contribution in [0.4, 0.5) is 4.79 Å². The molecule has 6 nitrogen and oxygen atoms in total. The molecule has 6 heteroatoms. The van der Waals surface area contributed by atoms with Crippen molar-refractivity contribution in [3.05, 3.63) is 71.4 Å². The standard InChI is InChI=1S/C19H19N3O3/c1-21-17(14-8-10-15(25-2)11-9-14)16(22(18(21)20)19(23)24)12-13-6-4-3-5-7-13/h3-12,17,20H,1-2H3,(H,23,24). The van der Waals surface area contributed by atoms with Crippen LogP contribution in [-0.4, -0.2) is 41.1 Å². The molecule has 2 aromatic carbocycles. The van der Waals surface area contributed by atoms with Gasteiger partial charge in [-0.25, -0.2) is 9.69 Å². The lowest BCUT2D eigenvalue weighted by Crippen LogP contribution is -2.33. The summed E-state index contributed by atoms with van der Waals surface area (Å²) in [6.45, 7) is 0. The molecule has 0 radical (unpaired) electrons. The zero-order valence-corrected chi connectivity index (χ0v) is 14.0. The predicted octanol–water partition coefficient (Wildman–Crippen LogP) is 3.64. The molecule has 1 heterocycles. The molecule has 1 aliphatic rings. The summed E-state index contributed by atoms with van der Waals surface area (Å²) in [4.78, 5) is 14.4. The number of likely N-dealkylation sites (N-methyl/N-ethyl adjacent to an activating group) is 1. The highest BCUT2D eigenvalue weighted by Crippen LogP contribution is 2.38. The minimum Gasteiger partial charge on any atom is -0.497 e. The third-order valence-electron chi connectivity index (χ3n) is 4.21. The fraction of sp³-hybridized carbons (Fsp3) is 0.158. The quantitative estimate of drug-likeness (QED) is 0.896. The molecule has 1 saturated heterocycles. The number of ether oxygens (including phenoxy) is 1. The van der Waals surface area contributed by atoms with Gasteiger partial charge in [0.2, 0.25) is 5.96 Å². The predicted molar refractivity (Wildman–Crippen MR) is 95.5 cm³/mol. The number of carbonyl (C=O) groups is 1. The molecule has 1 unspecified atom stereocenters. The molecule has 1 aliphatic heterocycles. The molecule has 0 aromatic heterocycles. The largest absolute Gasteiger partial charge is 0.497 e. The van der Waals surface area contributed by atoms with Crippen molar-refractivity contribution in [1.82, 2.24) is 9.80 Å². The minimum atomic E-state index is -1.17. The summed E-state index contributed by atoms with van der Waals surface area (Å²) in [6.07, 6.45) is 0.635. The van der Waals surface area contributed by atoms with Crippen molar-refractivity contribution in [2.45, 2.75) is 6.04 Å². The number of nitrogens with one attached hydrogen (secondary N) is 1. The molecule has 2 aromatic rings. The van der Waals surface area contributed by atoms with Gasteiger partial charge in [-0.15, -0.1) is 0 Å². The number of hydrogen-bond acceptors (Lipinski definition) is 3. The normalized spacial score (nSPS) is 18.7. The van der Waals surface area contributed by atoms with Crippen molar-refractivity contribution in [3.8, 4) is 5.75 Å². The van der Waals surface area contributed by atoms with Crippen LogP contribution in [0.2, 0.25) is 0 Å². The van der Waals surface area contributed by atoms with E-state index in [2.05, 4.69) is 0 Å². The lowest BCUT2D eigenvalue weighted by atomic mass is 10.0. The minimum absolute atomic E-state index is 0.0736. The van der Waals surface area contributed by atoms with Crippen LogP contribution in [-0.2, 0) is 0 Å². The molecule has 1 atom stereocenters. The highest BCUT2D eigenvalue weighted by Gasteiger charge is 2.41. The van der Waals surface area contributed by atoms with E-state index >= 15 is 0 Å². The van der Waals surface area contributed by atoms with Gasteiger partial charge in [0.05, 0.1) is 18.8 Å². The van der Waals surface area contributed by atoms with Crippen molar-refractivity contribution >= 4 is 18.1 Å². The SMILES string of the molecule is COc1ccc(C2C(=Cc3ccccc3)N(C(=O)O)C(=N)N2C)cc1. The summed E-state index contributed by atoms with van der Waals surface area (Å²) in [7, 11) is 3.32. The van der Waals surface area contributed by atoms with Crippen LogP contribution >= 0.6 is 0 Å². The second-order valence-corrected chi connectivity index (χ2v) is 5.71. The third-order valence-corrected chi connectivity index (χ3v) is 4.21. The molecule has 2 N–H and O–H groups in total. The molecule has 3 rings (SSSR count). The number of hydrogen-bond donors (Lipinski definition) is 2. The maximum Gasteiger partial charge on any atom is 0.418 e. The van der Waals surface area contributed by atoms with E-state index in [1.165, 1.54) is 0 Å². The van der Waals surface area contributed by atoms with Gasteiger partial charge in [0.1, 0.15) is 5.75 Å². The van der Waals surface area contributed by atoms with Crippen LogP contribution in [0.5, 0.6) is 5.75 Å². The van der Waals surface area contributed by atoms with E-state index in [1.54, 1.807) is 25.1 Å². The van der Waals surface area contributed by atoms with E-state index in [1.807, 2.05) is 54.6 Å². The van der Waals surface area contributed by atoms with Gasteiger partial charge in [-0.1, -0.05) is 42.5 Å². The molecule has 1 amide bonds. The Morgan fingerprint density at radius 2 is 1.80 bits per heavy atom. The lowest BCUT2D eigenvalue weighted by molar-refractivity contribution is 0.177. The molecular formula is C19H19N3O3. The van der Waals surface area contributed by atoms with Crippen LogP contribution < -0.4 is 4.74 Å². The molecule has 0 bridgehead atoms. The van der Waals surface area contributed by atoms with Gasteiger partial charge < -0.3 is 14.7 Å². The van der Waals surface area contributed by atoms with Crippen molar-refractivity contribution in [1.29, 1.82) is 5.41 Å². The summed E-state index contributed by atoms with van der Waals surface area (Å²) in [6, 6.07) is 16.6. The van der Waals surface area contributed by atoms with E-state index in [0.29, 0.717) is 5.70 Å². The Balaban J connectivity index is 2.10. The second kappa shape index (κ2) is 6.68. The number of methoxy groups -OCH3 is 1. The van der Waals surface area contributed by atoms with Gasteiger partial charge in [-0.3, -0.25) is 5.41 Å². The number of benzene rings is 2. The van der Waals surface area contributed by atoms with E-state index in [-0.39, 0.29) is 12.0 Å². The summed E-state index contributed by atoms with van der Waals surface area (Å²) >= 11 is 0. The van der Waals surface area contributed by atoms with Gasteiger partial charge in [-0.05, 0) is 29.3 Å². The van der Waals surface area contributed by atoms with Gasteiger partial charge >= 0.3 is 6.09 Å². The van der Waals surface area contributed by atoms with Crippen LogP contribution in [0.3, 0.4) is 0 Å². The van der Waals surface area contributed by atoms with Gasteiger partial charge in [0.15, 0.2) is 0 Å². The fourth-order valence-corrected chi connectivity index (χ4v) is 2.97. The maximum absolute atomic E-state index is 11.7. The Hall–Kier alpha value is -3.28. The fourth-order valence-electron chi connectivity index (χ4n) is 2.97. The Morgan fingerprint density at radius 1 is 1.16 bits per heavy atom. The van der Waals surface area contributed by atoms with E-state index in [4.69, 9.17) is 10.1 Å². The number of guanidine groups is 1. The molecule has 0 saturated carbocycles. The van der Waals surface area contributed by atoms with E-state index < -0.39 is 6.09 Å². The summed E-state index contributed by atoms with van der Waals surface area (Å²) in [5, 5.41) is 17.8. The van der Waals surface area contributed by atoms with E-state index in [0.717, 1.165) is 21.8 Å². The first-order chi connectivity index (χ1) is 12.0. The smallest absolute Gasteiger partial charge is 0.418 e. The first-order valence-electron chi connectivity index (χ1n) is 7.78. The highest BCUT2D eigenvalue weighted by atomic mass is 16.5. The average Bonchev–Trinajstić information content (AvgIpc) is 2.86. The number of nitrogens with zero attached hydrogens (tertiary/aromatic N) is 2. The zero-order chi connectivity index (χ0) is 18.0. The zero-order valence-electron chi connectivity index (χ0n) is 14.0. The Morgan fingerprint density at radius 3 is 2.36 bits per heavy atom. The van der Waals surface area contributed by atoms with Crippen LogP contribution in [0.15, 0.2) is 60.3 Å². The van der Waals surface area contributed by atoms with Gasteiger partial charge in [0, 0.05) is 7.05 Å². The summed E-state index contributed by atoms with van der Waals surface area (Å²) in [5.41, 5.74) is 2.29. The molecule has 0 aliphatic carbocycles. The Bertz CT molecular complexity index is 816. The van der Waals surface area contributed by atoms with Crippen molar-refractivity contribution in [2.75, 3.05) is 14.2 Å². The maximum atomic E-state index is 11.7. The molecule has 1 fully saturated rings. The van der Waals surface area contributed by atoms with E-state index in [9.17, 15) is 9.90 Å². The Kier molecular flexibility index (Phi) is 4.43. The first-order valence-corrected chi connectivity index (χ1v) is 7.78. The number of carboxylic acid groups (broad SMARTS) is 1. The number of amides is 1. The molecule has 128 valence electrons. The first kappa shape index (κ1) is 16.6. The molecular weight excluding hydrogens is 318 g/mol. The highest BCUT2D eigenvalue weighted by molar-refractivity contribution is 5.98. The topological polar surface area (TPSA) is 76.9 Å². The van der Waals surface area contributed by atoms with Crippen LogP contribution in [0, 0.1) is 5.41 Å². The Labute approximate surface area is 146 Å². The summed E-state index contributed by atoms with van der Waals surface area (Å²) < 4.78 is 5.19. The second-order valence-electron chi connectivity index (χ2n) is 5.71. The third kappa shape index (κ3) is 3.06. The van der Waals surface area contributed by atoms with Crippen molar-refractivity contribution < 1.29 is 14.6 Å². The number of rotatable bonds is 3.